The van der Waals surface area contributed by atoms with Crippen molar-refractivity contribution in [2.45, 2.75) is 56.8 Å². The minimum atomic E-state index is -0.352. The fourth-order valence-electron chi connectivity index (χ4n) is 4.63. The van der Waals surface area contributed by atoms with E-state index in [1.165, 1.54) is 6.07 Å². The fraction of sp³-hybridized carbons (Fsp3) is 0.429. The van der Waals surface area contributed by atoms with Crippen molar-refractivity contribution in [3.05, 3.63) is 65.7 Å². The van der Waals surface area contributed by atoms with Crippen LogP contribution < -0.4 is 5.32 Å². The predicted octanol–water partition coefficient (Wildman–Crippen LogP) is 3.60. The molecule has 2 aliphatic rings. The van der Waals surface area contributed by atoms with Gasteiger partial charge in [0.05, 0.1) is 11.2 Å². The van der Waals surface area contributed by atoms with E-state index in [9.17, 15) is 9.18 Å². The van der Waals surface area contributed by atoms with E-state index in [2.05, 4.69) is 22.1 Å². The summed E-state index contributed by atoms with van der Waals surface area (Å²) in [5, 5.41) is 3.23. The number of likely N-dealkylation sites (tertiary alicyclic amines) is 1. The van der Waals surface area contributed by atoms with Gasteiger partial charge in [-0.05, 0) is 44.4 Å². The first-order valence-electron chi connectivity index (χ1n) is 9.28. The molecule has 0 radical (unpaired) electrons. The Hall–Kier alpha value is -2.27. The standard InChI is InChI=1S/C21H24FN3O/c1-21-13-18(16-8-2-3-9-17(16)22)25(14-15-7-4-5-12-23-15)19(21)10-6-11-20(26)24-21/h2-5,7-9,12,18-19H,6,10-11,13-14H2,1H3,(H,24,26)/t18-,19-,21-/m0/s1. The Morgan fingerprint density at radius 3 is 2.85 bits per heavy atom. The molecule has 2 saturated heterocycles. The smallest absolute Gasteiger partial charge is 0.220 e. The van der Waals surface area contributed by atoms with E-state index in [1.807, 2.05) is 30.3 Å². The second kappa shape index (κ2) is 6.80. The maximum atomic E-state index is 14.6. The third-order valence-electron chi connectivity index (χ3n) is 5.79. The Morgan fingerprint density at radius 2 is 2.08 bits per heavy atom. The van der Waals surface area contributed by atoms with Crippen LogP contribution in [0.25, 0.3) is 0 Å². The lowest BCUT2D eigenvalue weighted by Gasteiger charge is -2.35. The number of halogens is 1. The molecule has 3 atom stereocenters. The van der Waals surface area contributed by atoms with Crippen molar-refractivity contribution >= 4 is 5.91 Å². The Labute approximate surface area is 153 Å². The van der Waals surface area contributed by atoms with E-state index < -0.39 is 0 Å². The summed E-state index contributed by atoms with van der Waals surface area (Å²) in [4.78, 5) is 19.0. The highest BCUT2D eigenvalue weighted by Crippen LogP contribution is 2.46. The number of pyridine rings is 1. The van der Waals surface area contributed by atoms with Gasteiger partial charge >= 0.3 is 0 Å². The fourth-order valence-corrected chi connectivity index (χ4v) is 4.63. The first kappa shape index (κ1) is 17.2. The van der Waals surface area contributed by atoms with Crippen molar-refractivity contribution in [3.63, 3.8) is 0 Å². The monoisotopic (exact) mass is 353 g/mol. The minimum absolute atomic E-state index is 0.0772. The first-order chi connectivity index (χ1) is 12.6. The molecule has 1 N–H and O–H groups in total. The van der Waals surface area contributed by atoms with Crippen LogP contribution in [-0.2, 0) is 11.3 Å². The summed E-state index contributed by atoms with van der Waals surface area (Å²) in [5.74, 6) is -0.0862. The minimum Gasteiger partial charge on any atom is -0.349 e. The zero-order valence-electron chi connectivity index (χ0n) is 15.0. The SMILES string of the molecule is C[C@]12C[C@@H](c3ccccc3F)N(Cc3ccccn3)[C@H]1CCCC(=O)N2. The Kier molecular flexibility index (Phi) is 4.49. The maximum Gasteiger partial charge on any atom is 0.220 e. The number of benzene rings is 1. The molecule has 136 valence electrons. The summed E-state index contributed by atoms with van der Waals surface area (Å²) in [7, 11) is 0. The van der Waals surface area contributed by atoms with Gasteiger partial charge in [0.15, 0.2) is 0 Å². The van der Waals surface area contributed by atoms with Gasteiger partial charge < -0.3 is 5.32 Å². The van der Waals surface area contributed by atoms with Gasteiger partial charge in [-0.1, -0.05) is 24.3 Å². The Balaban J connectivity index is 1.73. The van der Waals surface area contributed by atoms with Gasteiger partial charge in [0.25, 0.3) is 0 Å². The summed E-state index contributed by atoms with van der Waals surface area (Å²) in [6, 6.07) is 13.0. The number of carbonyl (C=O) groups excluding carboxylic acids is 1. The number of hydrogen-bond donors (Lipinski definition) is 1. The molecule has 1 aromatic carbocycles. The number of nitrogens with one attached hydrogen (secondary N) is 1. The van der Waals surface area contributed by atoms with Gasteiger partial charge in [-0.3, -0.25) is 14.7 Å². The second-order valence-corrected chi connectivity index (χ2v) is 7.61. The van der Waals surface area contributed by atoms with E-state index in [4.69, 9.17) is 0 Å². The van der Waals surface area contributed by atoms with Crippen LogP contribution in [0.3, 0.4) is 0 Å². The molecule has 5 heteroatoms. The van der Waals surface area contributed by atoms with Gasteiger partial charge in [0.2, 0.25) is 5.91 Å². The average molecular weight is 353 g/mol. The molecule has 0 aliphatic carbocycles. The molecule has 4 nitrogen and oxygen atoms in total. The normalized spacial score (nSPS) is 29.1. The molecular weight excluding hydrogens is 329 g/mol. The zero-order chi connectivity index (χ0) is 18.1. The molecule has 0 unspecified atom stereocenters. The predicted molar refractivity (Wildman–Crippen MR) is 97.7 cm³/mol. The lowest BCUT2D eigenvalue weighted by atomic mass is 9.88. The molecule has 26 heavy (non-hydrogen) atoms. The van der Waals surface area contributed by atoms with Crippen molar-refractivity contribution < 1.29 is 9.18 Å². The topological polar surface area (TPSA) is 45.2 Å². The Bertz CT molecular complexity index is 797. The van der Waals surface area contributed by atoms with Gasteiger partial charge in [0, 0.05) is 36.8 Å². The van der Waals surface area contributed by atoms with Crippen LogP contribution in [0.4, 0.5) is 4.39 Å². The summed E-state index contributed by atoms with van der Waals surface area (Å²) in [6.45, 7) is 2.75. The number of amides is 1. The van der Waals surface area contributed by atoms with Gasteiger partial charge in [-0.25, -0.2) is 4.39 Å². The highest BCUT2D eigenvalue weighted by Gasteiger charge is 2.51. The molecule has 3 heterocycles. The van der Waals surface area contributed by atoms with Crippen LogP contribution >= 0.6 is 0 Å². The zero-order valence-corrected chi connectivity index (χ0v) is 15.0. The van der Waals surface area contributed by atoms with Crippen LogP contribution in [0.2, 0.25) is 0 Å². The number of aromatic nitrogens is 1. The largest absolute Gasteiger partial charge is 0.349 e. The van der Waals surface area contributed by atoms with E-state index in [0.29, 0.717) is 24.9 Å². The third-order valence-corrected chi connectivity index (χ3v) is 5.79. The third kappa shape index (κ3) is 3.12. The summed E-state index contributed by atoms with van der Waals surface area (Å²) < 4.78 is 14.6. The van der Waals surface area contributed by atoms with E-state index in [-0.39, 0.29) is 29.3 Å². The highest BCUT2D eigenvalue weighted by molar-refractivity contribution is 5.77. The van der Waals surface area contributed by atoms with Crippen LogP contribution in [0, 0.1) is 5.82 Å². The summed E-state index contributed by atoms with van der Waals surface area (Å²) in [5.41, 5.74) is 1.32. The number of hydrogen-bond acceptors (Lipinski definition) is 3. The van der Waals surface area contributed by atoms with Gasteiger partial charge in [-0.2, -0.15) is 0 Å². The van der Waals surface area contributed by atoms with E-state index in [1.54, 1.807) is 12.3 Å². The molecule has 1 aromatic heterocycles. The van der Waals surface area contributed by atoms with Crippen LogP contribution in [0.5, 0.6) is 0 Å². The summed E-state index contributed by atoms with van der Waals surface area (Å²) >= 11 is 0. The van der Waals surface area contributed by atoms with Crippen molar-refractivity contribution in [2.24, 2.45) is 0 Å². The second-order valence-electron chi connectivity index (χ2n) is 7.61. The maximum absolute atomic E-state index is 14.6. The molecule has 2 fully saturated rings. The molecule has 2 aliphatic heterocycles. The number of fused-ring (bicyclic) bond motifs is 1. The van der Waals surface area contributed by atoms with Crippen molar-refractivity contribution in [1.82, 2.24) is 15.2 Å². The Morgan fingerprint density at radius 1 is 1.27 bits per heavy atom. The van der Waals surface area contributed by atoms with Crippen LogP contribution in [-0.4, -0.2) is 27.4 Å². The first-order valence-corrected chi connectivity index (χ1v) is 9.28. The molecule has 2 aromatic rings. The lowest BCUT2D eigenvalue weighted by molar-refractivity contribution is -0.122. The van der Waals surface area contributed by atoms with Gasteiger partial charge in [-0.15, -0.1) is 0 Å². The highest BCUT2D eigenvalue weighted by atomic mass is 19.1. The van der Waals surface area contributed by atoms with Crippen LogP contribution in [0.15, 0.2) is 48.7 Å². The lowest BCUT2D eigenvalue weighted by Crippen LogP contribution is -2.52. The average Bonchev–Trinajstić information content (AvgIpc) is 2.79. The van der Waals surface area contributed by atoms with Crippen molar-refractivity contribution in [3.8, 4) is 0 Å². The molecule has 1 amide bonds. The number of carbonyl (C=O) groups is 1. The molecule has 0 bridgehead atoms. The molecule has 4 rings (SSSR count). The van der Waals surface area contributed by atoms with Crippen LogP contribution in [0.1, 0.15) is 49.9 Å². The number of nitrogens with zero attached hydrogens (tertiary/aromatic N) is 2. The van der Waals surface area contributed by atoms with E-state index >= 15 is 0 Å². The molecule has 0 saturated carbocycles. The van der Waals surface area contributed by atoms with Crippen molar-refractivity contribution in [2.75, 3.05) is 0 Å². The van der Waals surface area contributed by atoms with Gasteiger partial charge in [0.1, 0.15) is 5.82 Å². The molecule has 0 spiro atoms. The van der Waals surface area contributed by atoms with Crippen molar-refractivity contribution in [1.29, 1.82) is 0 Å². The van der Waals surface area contributed by atoms with E-state index in [0.717, 1.165) is 18.5 Å². The summed E-state index contributed by atoms with van der Waals surface area (Å²) in [6.07, 6.45) is 4.84. The quantitative estimate of drug-likeness (QED) is 0.917. The number of rotatable bonds is 3. The molecular formula is C21H24FN3O.